The van der Waals surface area contributed by atoms with E-state index < -0.39 is 74.2 Å². The minimum atomic E-state index is -1.66. The maximum absolute atomic E-state index is 13.0. The van der Waals surface area contributed by atoms with Crippen molar-refractivity contribution in [1.29, 1.82) is 0 Å². The molecule has 0 aromatic carbocycles. The van der Waals surface area contributed by atoms with E-state index >= 15 is 0 Å². The molecule has 0 aliphatic carbocycles. The van der Waals surface area contributed by atoms with E-state index in [0.29, 0.717) is 12.8 Å². The Labute approximate surface area is 334 Å². The highest BCUT2D eigenvalue weighted by atomic mass is 16.7. The SMILES string of the molecule is CCCCCCCCCCCC/C=C/CCCC[C@H](O)[C@H](O)[C@@H](CO[C@@H]1O[C@@H](CO)[C@H](O)[C@@H](O)[C@H]1O)NC(=O)[C@@H](O)CCCCCCCCCCCCCC. The van der Waals surface area contributed by atoms with Gasteiger partial charge in [-0.05, 0) is 38.5 Å². The van der Waals surface area contributed by atoms with Crippen LogP contribution in [0.5, 0.6) is 0 Å². The second-order valence-electron chi connectivity index (χ2n) is 16.1. The Kier molecular flexibility index (Phi) is 32.9. The van der Waals surface area contributed by atoms with Crippen LogP contribution in [0.3, 0.4) is 0 Å². The number of ether oxygens (including phenoxy) is 2. The molecule has 11 nitrogen and oxygen atoms in total. The molecule has 1 saturated heterocycles. The number of aliphatic hydroxyl groups excluding tert-OH is 7. The van der Waals surface area contributed by atoms with Gasteiger partial charge in [0.2, 0.25) is 5.91 Å². The molecule has 55 heavy (non-hydrogen) atoms. The third kappa shape index (κ3) is 25.1. The van der Waals surface area contributed by atoms with Gasteiger partial charge in [-0.1, -0.05) is 167 Å². The van der Waals surface area contributed by atoms with Crippen molar-refractivity contribution in [3.63, 3.8) is 0 Å². The lowest BCUT2D eigenvalue weighted by atomic mass is 9.98. The first-order chi connectivity index (χ1) is 26.7. The molecule has 1 fully saturated rings. The van der Waals surface area contributed by atoms with Gasteiger partial charge in [0.25, 0.3) is 0 Å². The maximum Gasteiger partial charge on any atom is 0.249 e. The van der Waals surface area contributed by atoms with E-state index in [1.54, 1.807) is 0 Å². The fourth-order valence-corrected chi connectivity index (χ4v) is 7.26. The molecule has 0 aromatic heterocycles. The second kappa shape index (κ2) is 34.9. The molecule has 0 unspecified atom stereocenters. The summed E-state index contributed by atoms with van der Waals surface area (Å²) in [7, 11) is 0. The van der Waals surface area contributed by atoms with Gasteiger partial charge in [0.15, 0.2) is 6.29 Å². The zero-order valence-electron chi connectivity index (χ0n) is 34.9. The molecule has 1 aliphatic heterocycles. The number of unbranched alkanes of at least 4 members (excludes halogenated alkanes) is 23. The number of hydrogen-bond acceptors (Lipinski definition) is 10. The zero-order valence-corrected chi connectivity index (χ0v) is 34.9. The first-order valence-corrected chi connectivity index (χ1v) is 22.6. The second-order valence-corrected chi connectivity index (χ2v) is 16.1. The van der Waals surface area contributed by atoms with Gasteiger partial charge < -0.3 is 50.5 Å². The summed E-state index contributed by atoms with van der Waals surface area (Å²) in [6.07, 6.45) is 24.0. The summed E-state index contributed by atoms with van der Waals surface area (Å²) in [5.74, 6) is -0.704. The molecule has 0 bridgehead atoms. The largest absolute Gasteiger partial charge is 0.394 e. The molecule has 1 amide bonds. The molecule has 8 N–H and O–H groups in total. The molecule has 1 rings (SSSR count). The predicted octanol–water partition coefficient (Wildman–Crippen LogP) is 6.89. The number of carbonyl (C=O) groups is 1. The van der Waals surface area contributed by atoms with E-state index in [-0.39, 0.29) is 12.8 Å². The third-order valence-electron chi connectivity index (χ3n) is 11.1. The van der Waals surface area contributed by atoms with Gasteiger partial charge in [0.1, 0.15) is 36.6 Å². The number of nitrogens with one attached hydrogen (secondary N) is 1. The fraction of sp³-hybridized carbons (Fsp3) is 0.932. The highest BCUT2D eigenvalue weighted by Gasteiger charge is 2.44. The van der Waals surface area contributed by atoms with Crippen LogP contribution in [0.4, 0.5) is 0 Å². The van der Waals surface area contributed by atoms with Crippen molar-refractivity contribution in [1.82, 2.24) is 5.32 Å². The highest BCUT2D eigenvalue weighted by Crippen LogP contribution is 2.23. The van der Waals surface area contributed by atoms with Crippen LogP contribution in [0.25, 0.3) is 0 Å². The summed E-state index contributed by atoms with van der Waals surface area (Å²) in [5.41, 5.74) is 0. The van der Waals surface area contributed by atoms with Crippen LogP contribution < -0.4 is 5.32 Å². The molecule has 1 aliphatic rings. The van der Waals surface area contributed by atoms with E-state index in [2.05, 4.69) is 31.3 Å². The van der Waals surface area contributed by atoms with Crippen LogP contribution in [0.2, 0.25) is 0 Å². The highest BCUT2D eigenvalue weighted by molar-refractivity contribution is 5.80. The van der Waals surface area contributed by atoms with Gasteiger partial charge in [0, 0.05) is 0 Å². The normalized spacial score (nSPS) is 22.5. The summed E-state index contributed by atoms with van der Waals surface area (Å²) in [4.78, 5) is 13.0. The lowest BCUT2D eigenvalue weighted by Gasteiger charge is -2.40. The summed E-state index contributed by atoms with van der Waals surface area (Å²) in [5, 5.41) is 75.5. The van der Waals surface area contributed by atoms with Crippen LogP contribution >= 0.6 is 0 Å². The molecule has 11 heteroatoms. The number of carbonyl (C=O) groups excluding carboxylic acids is 1. The Hall–Kier alpha value is -1.15. The first-order valence-electron chi connectivity index (χ1n) is 22.6. The van der Waals surface area contributed by atoms with Crippen molar-refractivity contribution < 1.29 is 50.0 Å². The molecule has 0 aromatic rings. The Bertz CT molecular complexity index is 908. The molecule has 0 radical (unpaired) electrons. The van der Waals surface area contributed by atoms with Crippen LogP contribution in [0.1, 0.15) is 194 Å². The topological polar surface area (TPSA) is 189 Å². The predicted molar refractivity (Wildman–Crippen MR) is 219 cm³/mol. The zero-order chi connectivity index (χ0) is 40.5. The van der Waals surface area contributed by atoms with Gasteiger partial charge in [-0.15, -0.1) is 0 Å². The summed E-state index contributed by atoms with van der Waals surface area (Å²) >= 11 is 0. The van der Waals surface area contributed by atoms with Gasteiger partial charge >= 0.3 is 0 Å². The van der Waals surface area contributed by atoms with Gasteiger partial charge in [-0.25, -0.2) is 0 Å². The minimum absolute atomic E-state index is 0.259. The van der Waals surface area contributed by atoms with Crippen LogP contribution in [-0.4, -0.2) is 110 Å². The number of amides is 1. The van der Waals surface area contributed by atoms with Crippen molar-refractivity contribution in [2.75, 3.05) is 13.2 Å². The smallest absolute Gasteiger partial charge is 0.249 e. The van der Waals surface area contributed by atoms with E-state index in [1.165, 1.54) is 116 Å². The quantitative estimate of drug-likeness (QED) is 0.0243. The lowest BCUT2D eigenvalue weighted by Crippen LogP contribution is -2.60. The lowest BCUT2D eigenvalue weighted by molar-refractivity contribution is -0.303. The molecule has 326 valence electrons. The van der Waals surface area contributed by atoms with Crippen LogP contribution in [0.15, 0.2) is 12.2 Å². The van der Waals surface area contributed by atoms with Crippen molar-refractivity contribution in [3.05, 3.63) is 12.2 Å². The van der Waals surface area contributed by atoms with E-state index in [9.17, 15) is 40.5 Å². The van der Waals surface area contributed by atoms with E-state index in [1.807, 2.05) is 0 Å². The molecular formula is C44H85NO10. The van der Waals surface area contributed by atoms with Crippen LogP contribution in [-0.2, 0) is 14.3 Å². The van der Waals surface area contributed by atoms with E-state index in [0.717, 1.165) is 38.5 Å². The summed E-state index contributed by atoms with van der Waals surface area (Å²) in [6.45, 7) is 3.41. The van der Waals surface area contributed by atoms with Crippen molar-refractivity contribution in [2.45, 2.75) is 249 Å². The Morgan fingerprint density at radius 3 is 1.55 bits per heavy atom. The Balaban J connectivity index is 2.49. The van der Waals surface area contributed by atoms with Crippen molar-refractivity contribution in [2.24, 2.45) is 0 Å². The average molecular weight is 788 g/mol. The fourth-order valence-electron chi connectivity index (χ4n) is 7.26. The third-order valence-corrected chi connectivity index (χ3v) is 11.1. The van der Waals surface area contributed by atoms with Crippen molar-refractivity contribution in [3.8, 4) is 0 Å². The molecule has 0 saturated carbocycles. The summed E-state index contributed by atoms with van der Waals surface area (Å²) in [6, 6.07) is -1.17. The average Bonchev–Trinajstić information content (AvgIpc) is 3.18. The number of hydrogen-bond donors (Lipinski definition) is 8. The standard InChI is InChI=1S/C44H85NO10/c1-3-5-7-9-11-13-15-17-18-19-20-22-23-25-27-29-31-36(47)39(49)35(34-54-44-42(52)41(51)40(50)38(33-46)55-44)45-43(53)37(48)32-30-28-26-24-21-16-14-12-10-8-6-4-2/h22-23,35-42,44,46-52H,3-21,24-34H2,1-2H3,(H,45,53)/b23-22+/t35-,36+,37+,38+,39-,40+,41-,42-,44-/m1/s1. The Morgan fingerprint density at radius 2 is 1.05 bits per heavy atom. The minimum Gasteiger partial charge on any atom is -0.394 e. The first kappa shape index (κ1) is 51.9. The molecule has 0 spiro atoms. The monoisotopic (exact) mass is 788 g/mol. The number of aliphatic hydroxyl groups is 7. The summed E-state index contributed by atoms with van der Waals surface area (Å²) < 4.78 is 11.1. The van der Waals surface area contributed by atoms with Crippen LogP contribution in [0, 0.1) is 0 Å². The van der Waals surface area contributed by atoms with Gasteiger partial charge in [0.05, 0.1) is 25.4 Å². The number of rotatable bonds is 37. The molecule has 1 heterocycles. The number of allylic oxidation sites excluding steroid dienone is 2. The van der Waals surface area contributed by atoms with E-state index in [4.69, 9.17) is 9.47 Å². The van der Waals surface area contributed by atoms with Gasteiger partial charge in [-0.3, -0.25) is 4.79 Å². The van der Waals surface area contributed by atoms with Gasteiger partial charge in [-0.2, -0.15) is 0 Å². The maximum atomic E-state index is 13.0. The van der Waals surface area contributed by atoms with Crippen molar-refractivity contribution >= 4 is 5.91 Å². The molecular weight excluding hydrogens is 702 g/mol. The Morgan fingerprint density at radius 1 is 0.618 bits per heavy atom. The molecule has 9 atom stereocenters.